The van der Waals surface area contributed by atoms with Crippen LogP contribution in [0.3, 0.4) is 0 Å². The van der Waals surface area contributed by atoms with E-state index in [4.69, 9.17) is 16.3 Å². The Balaban J connectivity index is 1.66. The van der Waals surface area contributed by atoms with Crippen LogP contribution in [-0.2, 0) is 12.7 Å². The predicted molar refractivity (Wildman–Crippen MR) is 149 cm³/mol. The van der Waals surface area contributed by atoms with Crippen molar-refractivity contribution >= 4 is 40.9 Å². The van der Waals surface area contributed by atoms with Crippen LogP contribution in [0.15, 0.2) is 54.7 Å². The molecule has 3 aromatic rings. The van der Waals surface area contributed by atoms with Crippen LogP contribution in [0.2, 0.25) is 5.02 Å². The summed E-state index contributed by atoms with van der Waals surface area (Å²) in [4.78, 5) is 32.8. The number of carboxylic acids is 1. The van der Waals surface area contributed by atoms with Gasteiger partial charge in [-0.1, -0.05) is 17.7 Å². The van der Waals surface area contributed by atoms with Crippen LogP contribution >= 0.6 is 23.4 Å². The molecule has 2 aromatic carbocycles. The first-order chi connectivity index (χ1) is 18.9. The molecule has 0 bridgehead atoms. The molecule has 0 saturated carbocycles. The molecule has 0 spiro atoms. The maximum atomic E-state index is 14.0. The summed E-state index contributed by atoms with van der Waals surface area (Å²) in [6.07, 6.45) is -3.39. The van der Waals surface area contributed by atoms with Crippen molar-refractivity contribution in [3.05, 3.63) is 82.1 Å². The molecule has 1 aliphatic rings. The van der Waals surface area contributed by atoms with Gasteiger partial charge in [0.25, 0.3) is 5.91 Å². The zero-order valence-electron chi connectivity index (χ0n) is 21.7. The average Bonchev–Trinajstić information content (AvgIpc) is 2.90. The van der Waals surface area contributed by atoms with Crippen molar-refractivity contribution in [1.82, 2.24) is 9.88 Å². The number of carboxylic acid groups (broad SMARTS) is 1. The SMILES string of the molecule is CC(C)N(C(=O)c1ccc(Cl)cn1)c1ccc(Oc2ccc(CN3CCSCC3)cc2C(F)(F)F)cc1C(=O)O. The minimum atomic E-state index is -4.69. The number of amides is 1. The van der Waals surface area contributed by atoms with Crippen LogP contribution in [0.1, 0.15) is 45.8 Å². The van der Waals surface area contributed by atoms with Crippen LogP contribution in [-0.4, -0.2) is 57.5 Å². The van der Waals surface area contributed by atoms with Gasteiger partial charge in [0.2, 0.25) is 0 Å². The van der Waals surface area contributed by atoms with E-state index in [0.29, 0.717) is 17.1 Å². The van der Waals surface area contributed by atoms with Crippen molar-refractivity contribution < 1.29 is 32.6 Å². The molecule has 7 nitrogen and oxygen atoms in total. The Labute approximate surface area is 238 Å². The van der Waals surface area contributed by atoms with Gasteiger partial charge < -0.3 is 14.7 Å². The van der Waals surface area contributed by atoms with Gasteiger partial charge >= 0.3 is 12.1 Å². The molecule has 212 valence electrons. The van der Waals surface area contributed by atoms with E-state index in [9.17, 15) is 27.9 Å². The van der Waals surface area contributed by atoms with Crippen molar-refractivity contribution in [3.8, 4) is 11.5 Å². The van der Waals surface area contributed by atoms with Gasteiger partial charge in [0.15, 0.2) is 0 Å². The van der Waals surface area contributed by atoms with E-state index in [1.165, 1.54) is 41.4 Å². The van der Waals surface area contributed by atoms with Gasteiger partial charge in [-0.25, -0.2) is 9.78 Å². The third-order valence-corrected chi connectivity index (χ3v) is 7.39. The Morgan fingerprint density at radius 2 is 1.85 bits per heavy atom. The standard InChI is InChI=1S/C28H27ClF3N3O4S/c1-17(2)35(26(36)23-6-4-19(29)15-33-23)24-7-5-20(14-21(24)27(37)38)39-25-8-3-18(13-22(25)28(30,31)32)16-34-9-11-40-12-10-34/h3-8,13-15,17H,9-12,16H2,1-2H3,(H,37,38). The number of hydrogen-bond donors (Lipinski definition) is 1. The van der Waals surface area contributed by atoms with Crippen molar-refractivity contribution in [1.29, 1.82) is 0 Å². The second kappa shape index (κ2) is 12.5. The molecule has 4 rings (SSSR count). The van der Waals surface area contributed by atoms with E-state index in [1.54, 1.807) is 19.9 Å². The Bertz CT molecular complexity index is 1380. The maximum Gasteiger partial charge on any atom is 0.419 e. The van der Waals surface area contributed by atoms with Crippen LogP contribution in [0.4, 0.5) is 18.9 Å². The van der Waals surface area contributed by atoms with Crippen LogP contribution in [0.25, 0.3) is 0 Å². The Morgan fingerprint density at radius 3 is 2.45 bits per heavy atom. The molecule has 1 aliphatic heterocycles. The Hall–Kier alpha value is -3.28. The first-order valence-corrected chi connectivity index (χ1v) is 14.0. The highest BCUT2D eigenvalue weighted by molar-refractivity contribution is 7.99. The molecule has 12 heteroatoms. The molecule has 1 N–H and O–H groups in total. The zero-order valence-corrected chi connectivity index (χ0v) is 23.3. The number of aromatic nitrogens is 1. The van der Waals surface area contributed by atoms with Crippen LogP contribution in [0, 0.1) is 0 Å². The van der Waals surface area contributed by atoms with Gasteiger partial charge in [0.05, 0.1) is 21.8 Å². The number of rotatable bonds is 8. The van der Waals surface area contributed by atoms with Gasteiger partial charge in [-0.05, 0) is 61.9 Å². The summed E-state index contributed by atoms with van der Waals surface area (Å²) in [6.45, 7) is 5.40. The van der Waals surface area contributed by atoms with Crippen molar-refractivity contribution in [2.24, 2.45) is 0 Å². The van der Waals surface area contributed by atoms with E-state index in [1.807, 2.05) is 11.8 Å². The van der Waals surface area contributed by atoms with E-state index in [2.05, 4.69) is 9.88 Å². The highest BCUT2D eigenvalue weighted by Gasteiger charge is 2.35. The van der Waals surface area contributed by atoms with E-state index >= 15 is 0 Å². The molecule has 2 heterocycles. The second-order valence-corrected chi connectivity index (χ2v) is 11.1. The number of carbonyl (C=O) groups is 2. The maximum absolute atomic E-state index is 14.0. The molecule has 0 aliphatic carbocycles. The summed E-state index contributed by atoms with van der Waals surface area (Å²) in [5, 5.41) is 10.3. The van der Waals surface area contributed by atoms with E-state index in [-0.39, 0.29) is 22.7 Å². The predicted octanol–water partition coefficient (Wildman–Crippen LogP) is 6.85. The first kappa shape index (κ1) is 29.7. The monoisotopic (exact) mass is 593 g/mol. The number of aromatic carboxylic acids is 1. The average molecular weight is 594 g/mol. The smallest absolute Gasteiger partial charge is 0.419 e. The molecule has 0 atom stereocenters. The van der Waals surface area contributed by atoms with E-state index < -0.39 is 35.4 Å². The van der Waals surface area contributed by atoms with Gasteiger partial charge in [0.1, 0.15) is 17.2 Å². The minimum Gasteiger partial charge on any atom is -0.478 e. The zero-order chi connectivity index (χ0) is 29.0. The lowest BCUT2D eigenvalue weighted by Crippen LogP contribution is -2.38. The number of halogens is 4. The largest absolute Gasteiger partial charge is 0.478 e. The number of pyridine rings is 1. The minimum absolute atomic E-state index is 0.0442. The Morgan fingerprint density at radius 1 is 1.12 bits per heavy atom. The molecule has 0 unspecified atom stereocenters. The third-order valence-electron chi connectivity index (χ3n) is 6.23. The summed E-state index contributed by atoms with van der Waals surface area (Å²) >= 11 is 7.68. The molecular weight excluding hydrogens is 567 g/mol. The normalized spacial score (nSPS) is 14.3. The molecule has 1 aromatic heterocycles. The summed E-state index contributed by atoms with van der Waals surface area (Å²) in [6, 6.07) is 10.1. The number of anilines is 1. The van der Waals surface area contributed by atoms with Gasteiger partial charge in [-0.3, -0.25) is 9.69 Å². The molecule has 40 heavy (non-hydrogen) atoms. The summed E-state index contributed by atoms with van der Waals surface area (Å²) < 4.78 is 47.6. The van der Waals surface area contributed by atoms with Crippen LogP contribution < -0.4 is 9.64 Å². The molecule has 1 amide bonds. The fourth-order valence-electron chi connectivity index (χ4n) is 4.34. The highest BCUT2D eigenvalue weighted by atomic mass is 35.5. The number of benzene rings is 2. The lowest BCUT2D eigenvalue weighted by molar-refractivity contribution is -0.138. The van der Waals surface area contributed by atoms with Crippen molar-refractivity contribution in [2.75, 3.05) is 29.5 Å². The topological polar surface area (TPSA) is 83.0 Å². The molecule has 1 saturated heterocycles. The van der Waals surface area contributed by atoms with Crippen molar-refractivity contribution in [2.45, 2.75) is 32.6 Å². The van der Waals surface area contributed by atoms with Gasteiger partial charge in [-0.15, -0.1) is 0 Å². The number of ether oxygens (including phenoxy) is 1. The van der Waals surface area contributed by atoms with Crippen LogP contribution in [0.5, 0.6) is 11.5 Å². The number of alkyl halides is 3. The van der Waals surface area contributed by atoms with Gasteiger partial charge in [-0.2, -0.15) is 24.9 Å². The summed E-state index contributed by atoms with van der Waals surface area (Å²) in [5.74, 6) is -0.639. The summed E-state index contributed by atoms with van der Waals surface area (Å²) in [7, 11) is 0. The quantitative estimate of drug-likeness (QED) is 0.306. The molecule has 0 radical (unpaired) electrons. The second-order valence-electron chi connectivity index (χ2n) is 9.43. The van der Waals surface area contributed by atoms with E-state index in [0.717, 1.165) is 36.7 Å². The van der Waals surface area contributed by atoms with Crippen molar-refractivity contribution in [3.63, 3.8) is 0 Å². The number of thioether (sulfide) groups is 1. The third kappa shape index (κ3) is 7.07. The molecular formula is C28H27ClF3N3O4S. The summed E-state index contributed by atoms with van der Waals surface area (Å²) in [5.41, 5.74) is -0.669. The lowest BCUT2D eigenvalue weighted by atomic mass is 10.1. The Kier molecular flexibility index (Phi) is 9.27. The highest BCUT2D eigenvalue weighted by Crippen LogP contribution is 2.40. The fraction of sp³-hybridized carbons (Fsp3) is 0.321. The van der Waals surface area contributed by atoms with Gasteiger partial charge in [0, 0.05) is 43.4 Å². The first-order valence-electron chi connectivity index (χ1n) is 12.4. The molecule has 1 fully saturated rings. The number of nitrogens with zero attached hydrogens (tertiary/aromatic N) is 3. The number of hydrogen-bond acceptors (Lipinski definition) is 6. The number of carbonyl (C=O) groups excluding carboxylic acids is 1. The lowest BCUT2D eigenvalue weighted by Gasteiger charge is -2.28. The fourth-order valence-corrected chi connectivity index (χ4v) is 5.43.